The molecule has 1 aliphatic carbocycles. The predicted molar refractivity (Wildman–Crippen MR) is 104 cm³/mol. The van der Waals surface area contributed by atoms with Crippen molar-refractivity contribution in [3.63, 3.8) is 0 Å². The lowest BCUT2D eigenvalue weighted by atomic mass is 9.99. The van der Waals surface area contributed by atoms with E-state index in [2.05, 4.69) is 11.4 Å². The van der Waals surface area contributed by atoms with Gasteiger partial charge in [-0.1, -0.05) is 29.8 Å². The number of nitriles is 1. The number of rotatable bonds is 6. The second-order valence-corrected chi connectivity index (χ2v) is 6.80. The molecule has 144 valence electrons. The van der Waals surface area contributed by atoms with Crippen LogP contribution in [0, 0.1) is 22.7 Å². The summed E-state index contributed by atoms with van der Waals surface area (Å²) in [6.07, 6.45) is 0. The number of carbonyl (C=O) groups is 2. The van der Waals surface area contributed by atoms with Gasteiger partial charge < -0.3 is 14.8 Å². The Morgan fingerprint density at radius 3 is 2.46 bits per heavy atom. The summed E-state index contributed by atoms with van der Waals surface area (Å²) in [5.41, 5.74) is -0.515. The van der Waals surface area contributed by atoms with Crippen LogP contribution in [0.2, 0.25) is 5.02 Å². The molecule has 0 saturated heterocycles. The molecule has 1 aliphatic rings. The fraction of sp³-hybridized carbons (Fsp3) is 0.286. The minimum absolute atomic E-state index is 0.159. The Labute approximate surface area is 168 Å². The van der Waals surface area contributed by atoms with Crippen LogP contribution in [-0.4, -0.2) is 25.6 Å². The van der Waals surface area contributed by atoms with E-state index in [9.17, 15) is 14.9 Å². The molecule has 0 spiro atoms. The van der Waals surface area contributed by atoms with Gasteiger partial charge in [0.05, 0.1) is 25.7 Å². The molecule has 0 aromatic heterocycles. The van der Waals surface area contributed by atoms with Gasteiger partial charge in [-0.25, -0.2) is 0 Å². The van der Waals surface area contributed by atoms with Crippen molar-refractivity contribution < 1.29 is 19.1 Å². The van der Waals surface area contributed by atoms with Gasteiger partial charge in [-0.3, -0.25) is 9.59 Å². The first-order valence-electron chi connectivity index (χ1n) is 8.77. The predicted octanol–water partition coefficient (Wildman–Crippen LogP) is 3.77. The van der Waals surface area contributed by atoms with Crippen molar-refractivity contribution in [3.8, 4) is 11.8 Å². The molecular weight excluding hydrogens is 380 g/mol. The molecule has 0 unspecified atom stereocenters. The fourth-order valence-corrected chi connectivity index (χ4v) is 3.73. The third kappa shape index (κ3) is 3.30. The quantitative estimate of drug-likeness (QED) is 0.748. The molecule has 0 radical (unpaired) electrons. The van der Waals surface area contributed by atoms with Crippen LogP contribution in [0.25, 0.3) is 0 Å². The lowest BCUT2D eigenvalue weighted by molar-refractivity contribution is -0.146. The maximum atomic E-state index is 13.1. The molecule has 3 rings (SSSR count). The van der Waals surface area contributed by atoms with E-state index in [0.29, 0.717) is 22.0 Å². The Bertz CT molecular complexity index is 938. The number of esters is 1. The number of nitrogens with zero attached hydrogens (tertiary/aromatic N) is 1. The SMILES string of the molecule is CCOC(=O)[C@H]1[C@@H](c2ccccc2Cl)[C@]1(C#N)C(=O)Nc1ccc(OC)cc1. The average Bonchev–Trinajstić information content (AvgIpc) is 3.39. The second-order valence-electron chi connectivity index (χ2n) is 6.39. The molecule has 1 N–H and O–H groups in total. The smallest absolute Gasteiger partial charge is 0.311 e. The Hall–Kier alpha value is -3.04. The largest absolute Gasteiger partial charge is 0.497 e. The first-order chi connectivity index (χ1) is 13.5. The third-order valence-electron chi connectivity index (χ3n) is 4.89. The van der Waals surface area contributed by atoms with Crippen molar-refractivity contribution in [3.05, 3.63) is 59.1 Å². The Morgan fingerprint density at radius 2 is 1.89 bits per heavy atom. The monoisotopic (exact) mass is 398 g/mol. The summed E-state index contributed by atoms with van der Waals surface area (Å²) in [6.45, 7) is 1.84. The number of amides is 1. The fourth-order valence-electron chi connectivity index (χ4n) is 3.48. The molecule has 2 aromatic carbocycles. The second kappa shape index (κ2) is 7.91. The lowest BCUT2D eigenvalue weighted by Crippen LogP contribution is -2.28. The summed E-state index contributed by atoms with van der Waals surface area (Å²) >= 11 is 6.28. The van der Waals surface area contributed by atoms with E-state index in [0.717, 1.165) is 0 Å². The number of halogens is 1. The van der Waals surface area contributed by atoms with E-state index in [1.54, 1.807) is 62.6 Å². The highest BCUT2D eigenvalue weighted by Gasteiger charge is 2.75. The standard InChI is InChI=1S/C21H19ClN2O4/c1-3-28-19(25)18-17(15-6-4-5-7-16(15)22)21(18,12-23)20(26)24-13-8-10-14(27-2)11-9-13/h4-11,17-18H,3H2,1-2H3,(H,24,26)/t17-,18-,21+/m1/s1. The molecule has 0 heterocycles. The van der Waals surface area contributed by atoms with Crippen molar-refractivity contribution in [1.82, 2.24) is 0 Å². The van der Waals surface area contributed by atoms with E-state index >= 15 is 0 Å². The molecule has 3 atom stereocenters. The van der Waals surface area contributed by atoms with E-state index in [1.807, 2.05) is 0 Å². The zero-order chi connectivity index (χ0) is 20.3. The first kappa shape index (κ1) is 19.7. The highest BCUT2D eigenvalue weighted by molar-refractivity contribution is 6.31. The molecule has 6 nitrogen and oxygen atoms in total. The zero-order valence-corrected chi connectivity index (χ0v) is 16.2. The number of carbonyl (C=O) groups excluding carboxylic acids is 2. The highest BCUT2D eigenvalue weighted by atomic mass is 35.5. The third-order valence-corrected chi connectivity index (χ3v) is 5.24. The van der Waals surface area contributed by atoms with Crippen molar-refractivity contribution in [2.45, 2.75) is 12.8 Å². The normalized spacial score (nSPS) is 22.6. The van der Waals surface area contributed by atoms with E-state index < -0.39 is 29.1 Å². The van der Waals surface area contributed by atoms with Gasteiger partial charge in [0.25, 0.3) is 0 Å². The Morgan fingerprint density at radius 1 is 1.21 bits per heavy atom. The van der Waals surface area contributed by atoms with Gasteiger partial charge >= 0.3 is 5.97 Å². The molecule has 7 heteroatoms. The minimum Gasteiger partial charge on any atom is -0.497 e. The van der Waals surface area contributed by atoms with Crippen LogP contribution in [0.1, 0.15) is 18.4 Å². The maximum Gasteiger partial charge on any atom is 0.311 e. The number of ether oxygens (including phenoxy) is 2. The van der Waals surface area contributed by atoms with Crippen molar-refractivity contribution in [2.24, 2.45) is 11.3 Å². The molecule has 2 aromatic rings. The van der Waals surface area contributed by atoms with Crippen molar-refractivity contribution in [2.75, 3.05) is 19.0 Å². The van der Waals surface area contributed by atoms with Gasteiger partial charge in [-0.05, 0) is 42.8 Å². The zero-order valence-electron chi connectivity index (χ0n) is 15.4. The van der Waals surface area contributed by atoms with Crippen LogP contribution in [-0.2, 0) is 14.3 Å². The molecule has 0 bridgehead atoms. The van der Waals surface area contributed by atoms with Gasteiger partial charge in [-0.15, -0.1) is 0 Å². The van der Waals surface area contributed by atoms with Gasteiger partial charge in [0, 0.05) is 16.6 Å². The number of hydrogen-bond donors (Lipinski definition) is 1. The van der Waals surface area contributed by atoms with Crippen LogP contribution in [0.4, 0.5) is 5.69 Å². The summed E-state index contributed by atoms with van der Waals surface area (Å²) < 4.78 is 10.2. The summed E-state index contributed by atoms with van der Waals surface area (Å²) in [6, 6.07) is 15.7. The number of nitrogens with one attached hydrogen (secondary N) is 1. The van der Waals surface area contributed by atoms with Crippen LogP contribution >= 0.6 is 11.6 Å². The first-order valence-corrected chi connectivity index (χ1v) is 9.15. The molecule has 28 heavy (non-hydrogen) atoms. The van der Waals surface area contributed by atoms with E-state index in [1.165, 1.54) is 0 Å². The van der Waals surface area contributed by atoms with Crippen molar-refractivity contribution in [1.29, 1.82) is 5.26 Å². The Kier molecular flexibility index (Phi) is 5.57. The van der Waals surface area contributed by atoms with Gasteiger partial charge in [0.2, 0.25) is 5.91 Å². The molecule has 1 amide bonds. The van der Waals surface area contributed by atoms with Crippen LogP contribution in [0.5, 0.6) is 5.75 Å². The molecular formula is C21H19ClN2O4. The van der Waals surface area contributed by atoms with Gasteiger partial charge in [0.1, 0.15) is 5.75 Å². The molecule has 1 fully saturated rings. The Balaban J connectivity index is 1.95. The summed E-state index contributed by atoms with van der Waals surface area (Å²) in [5.74, 6) is -2.11. The van der Waals surface area contributed by atoms with Crippen LogP contribution in [0.3, 0.4) is 0 Å². The van der Waals surface area contributed by atoms with Crippen LogP contribution < -0.4 is 10.1 Å². The summed E-state index contributed by atoms with van der Waals surface area (Å²) in [5, 5.41) is 13.0. The van der Waals surface area contributed by atoms with Crippen LogP contribution in [0.15, 0.2) is 48.5 Å². The van der Waals surface area contributed by atoms with Crippen molar-refractivity contribution >= 4 is 29.2 Å². The number of hydrogen-bond acceptors (Lipinski definition) is 5. The van der Waals surface area contributed by atoms with Gasteiger partial charge in [0.15, 0.2) is 5.41 Å². The lowest BCUT2D eigenvalue weighted by Gasteiger charge is -2.12. The molecule has 1 saturated carbocycles. The highest BCUT2D eigenvalue weighted by Crippen LogP contribution is 2.66. The topological polar surface area (TPSA) is 88.4 Å². The van der Waals surface area contributed by atoms with Gasteiger partial charge in [-0.2, -0.15) is 5.26 Å². The number of methoxy groups -OCH3 is 1. The maximum absolute atomic E-state index is 13.1. The minimum atomic E-state index is -1.59. The summed E-state index contributed by atoms with van der Waals surface area (Å²) in [7, 11) is 1.54. The number of benzene rings is 2. The van der Waals surface area contributed by atoms with E-state index in [-0.39, 0.29) is 6.61 Å². The summed E-state index contributed by atoms with van der Waals surface area (Å²) in [4.78, 5) is 25.6. The average molecular weight is 399 g/mol. The number of anilines is 1. The molecule has 0 aliphatic heterocycles. The van der Waals surface area contributed by atoms with E-state index in [4.69, 9.17) is 21.1 Å².